The minimum atomic E-state index is -0.509. The van der Waals surface area contributed by atoms with Crippen LogP contribution in [0.5, 0.6) is 5.75 Å². The Morgan fingerprint density at radius 3 is 1.88 bits per heavy atom. The zero-order valence-electron chi connectivity index (χ0n) is 25.5. The molecule has 0 aliphatic heterocycles. The summed E-state index contributed by atoms with van der Waals surface area (Å²) >= 11 is 0. The lowest BCUT2D eigenvalue weighted by molar-refractivity contribution is 0.236. The van der Waals surface area contributed by atoms with Crippen LogP contribution in [0.15, 0.2) is 42.5 Å². The van der Waals surface area contributed by atoms with Gasteiger partial charge in [-0.2, -0.15) is 0 Å². The van der Waals surface area contributed by atoms with Gasteiger partial charge in [-0.1, -0.05) is 91.5 Å². The molecule has 0 saturated heterocycles. The summed E-state index contributed by atoms with van der Waals surface area (Å²) in [4.78, 5) is 0. The van der Waals surface area contributed by atoms with Gasteiger partial charge in [-0.25, -0.2) is 8.78 Å². The fraction of sp³-hybridized carbons (Fsp3) is 0.514. The van der Waals surface area contributed by atoms with Crippen molar-refractivity contribution in [2.24, 2.45) is 11.8 Å². The first kappa shape index (κ1) is 30.3. The normalized spacial score (nSPS) is 17.4. The molecule has 4 rings (SSSR count). The molecule has 0 radical (unpaired) electrons. The molecule has 1 aliphatic rings. The standard InChI is InChI=1S/C37H48F2O/c1-7-25(8-2)23-40-37-26(9-3)20-33(31(10-4)32(37)11-5)36-34(38)21-30(22-35(36)39)29-18-16-28(17-19-29)27-14-12-24(6)13-15-27/h16-22,24-25,27H,7-15,23H2,1-6H3. The zero-order chi connectivity index (χ0) is 28.8. The molecular formula is C37H48F2O. The molecule has 0 N–H and O–H groups in total. The van der Waals surface area contributed by atoms with Crippen molar-refractivity contribution >= 4 is 0 Å². The first-order valence-corrected chi connectivity index (χ1v) is 15.7. The monoisotopic (exact) mass is 546 g/mol. The van der Waals surface area contributed by atoms with E-state index in [1.54, 1.807) is 0 Å². The van der Waals surface area contributed by atoms with Gasteiger partial charge in [0.05, 0.1) is 12.2 Å². The van der Waals surface area contributed by atoms with Crippen molar-refractivity contribution in [1.29, 1.82) is 0 Å². The van der Waals surface area contributed by atoms with Gasteiger partial charge < -0.3 is 4.74 Å². The highest BCUT2D eigenvalue weighted by atomic mass is 19.1. The van der Waals surface area contributed by atoms with Gasteiger partial charge in [-0.05, 0) is 107 Å². The maximum atomic E-state index is 15.9. The Bertz CT molecular complexity index is 1240. The summed E-state index contributed by atoms with van der Waals surface area (Å²) in [6.07, 6.45) is 9.33. The van der Waals surface area contributed by atoms with Crippen LogP contribution in [0.1, 0.15) is 108 Å². The van der Waals surface area contributed by atoms with Crippen LogP contribution in [0.25, 0.3) is 22.3 Å². The van der Waals surface area contributed by atoms with E-state index in [1.807, 2.05) is 18.2 Å². The van der Waals surface area contributed by atoms with Gasteiger partial charge in [0.1, 0.15) is 17.4 Å². The largest absolute Gasteiger partial charge is 0.493 e. The molecule has 0 bridgehead atoms. The molecule has 1 aliphatic carbocycles. The van der Waals surface area contributed by atoms with Crippen molar-refractivity contribution < 1.29 is 13.5 Å². The Kier molecular flexibility index (Phi) is 10.4. The maximum absolute atomic E-state index is 15.9. The van der Waals surface area contributed by atoms with Gasteiger partial charge in [-0.3, -0.25) is 0 Å². The predicted molar refractivity (Wildman–Crippen MR) is 165 cm³/mol. The quantitative estimate of drug-likeness (QED) is 0.232. The summed E-state index contributed by atoms with van der Waals surface area (Å²) in [6.45, 7) is 13.6. The third-order valence-corrected chi connectivity index (χ3v) is 9.32. The van der Waals surface area contributed by atoms with Crippen molar-refractivity contribution in [3.05, 3.63) is 76.4 Å². The van der Waals surface area contributed by atoms with Crippen LogP contribution in [-0.4, -0.2) is 6.61 Å². The molecule has 3 heteroatoms. The van der Waals surface area contributed by atoms with Gasteiger partial charge in [0.25, 0.3) is 0 Å². The molecule has 0 aromatic heterocycles. The molecule has 3 aromatic carbocycles. The average molecular weight is 547 g/mol. The van der Waals surface area contributed by atoms with Crippen LogP contribution in [0.3, 0.4) is 0 Å². The van der Waals surface area contributed by atoms with E-state index in [2.05, 4.69) is 53.7 Å². The van der Waals surface area contributed by atoms with Gasteiger partial charge in [0.15, 0.2) is 0 Å². The Morgan fingerprint density at radius 2 is 1.35 bits per heavy atom. The zero-order valence-corrected chi connectivity index (χ0v) is 25.5. The third kappa shape index (κ3) is 6.45. The summed E-state index contributed by atoms with van der Waals surface area (Å²) in [5.41, 5.74) is 6.59. The van der Waals surface area contributed by atoms with Crippen LogP contribution < -0.4 is 4.74 Å². The van der Waals surface area contributed by atoms with Gasteiger partial charge in [0.2, 0.25) is 0 Å². The van der Waals surface area contributed by atoms with E-state index < -0.39 is 11.6 Å². The fourth-order valence-corrected chi connectivity index (χ4v) is 6.53. The smallest absolute Gasteiger partial charge is 0.134 e. The van der Waals surface area contributed by atoms with E-state index in [0.717, 1.165) is 59.6 Å². The van der Waals surface area contributed by atoms with E-state index in [1.165, 1.54) is 43.4 Å². The van der Waals surface area contributed by atoms with Gasteiger partial charge in [-0.15, -0.1) is 0 Å². The lowest BCUT2D eigenvalue weighted by Gasteiger charge is -2.26. The molecule has 1 fully saturated rings. The lowest BCUT2D eigenvalue weighted by atomic mass is 9.79. The van der Waals surface area contributed by atoms with E-state index >= 15 is 8.78 Å². The van der Waals surface area contributed by atoms with Crippen LogP contribution in [-0.2, 0) is 19.3 Å². The van der Waals surface area contributed by atoms with Gasteiger partial charge >= 0.3 is 0 Å². The van der Waals surface area contributed by atoms with Crippen LogP contribution in [0, 0.1) is 23.5 Å². The van der Waals surface area contributed by atoms with Crippen LogP contribution in [0.4, 0.5) is 8.78 Å². The van der Waals surface area contributed by atoms with E-state index in [9.17, 15) is 0 Å². The number of aryl methyl sites for hydroxylation is 1. The highest BCUT2D eigenvalue weighted by Gasteiger charge is 2.24. The molecule has 1 nitrogen and oxygen atoms in total. The van der Waals surface area contributed by atoms with Gasteiger partial charge in [0, 0.05) is 0 Å². The molecule has 3 aromatic rings. The number of hydrogen-bond donors (Lipinski definition) is 0. The van der Waals surface area contributed by atoms with Crippen LogP contribution in [0.2, 0.25) is 0 Å². The Morgan fingerprint density at radius 1 is 0.750 bits per heavy atom. The topological polar surface area (TPSA) is 9.23 Å². The van der Waals surface area contributed by atoms with Crippen molar-refractivity contribution in [3.8, 4) is 28.0 Å². The SMILES string of the molecule is CCc1cc(-c2c(F)cc(-c3ccc(C4CCC(C)CC4)cc3)cc2F)c(CC)c(CC)c1OCC(CC)CC. The van der Waals surface area contributed by atoms with Crippen molar-refractivity contribution in [2.75, 3.05) is 6.61 Å². The third-order valence-electron chi connectivity index (χ3n) is 9.32. The minimum absolute atomic E-state index is 0.0736. The summed E-state index contributed by atoms with van der Waals surface area (Å²) < 4.78 is 38.1. The summed E-state index contributed by atoms with van der Waals surface area (Å²) in [6, 6.07) is 13.3. The number of hydrogen-bond acceptors (Lipinski definition) is 1. The van der Waals surface area contributed by atoms with Crippen LogP contribution >= 0.6 is 0 Å². The predicted octanol–water partition coefficient (Wildman–Crippen LogP) is 11.1. The number of ether oxygens (including phenoxy) is 1. The fourth-order valence-electron chi connectivity index (χ4n) is 6.53. The summed E-state index contributed by atoms with van der Waals surface area (Å²) in [5, 5.41) is 0. The molecule has 0 unspecified atom stereocenters. The van der Waals surface area contributed by atoms with Crippen molar-refractivity contribution in [1.82, 2.24) is 0 Å². The second kappa shape index (κ2) is 13.8. The summed E-state index contributed by atoms with van der Waals surface area (Å²) in [7, 11) is 0. The second-order valence-electron chi connectivity index (χ2n) is 11.8. The second-order valence-corrected chi connectivity index (χ2v) is 11.8. The molecule has 216 valence electrons. The van der Waals surface area contributed by atoms with Crippen molar-refractivity contribution in [2.45, 2.75) is 105 Å². The first-order valence-electron chi connectivity index (χ1n) is 15.7. The average Bonchev–Trinajstić information content (AvgIpc) is 2.97. The summed E-state index contributed by atoms with van der Waals surface area (Å²) in [5.74, 6) is 1.81. The Labute approximate surface area is 241 Å². The highest BCUT2D eigenvalue weighted by Crippen LogP contribution is 2.41. The maximum Gasteiger partial charge on any atom is 0.134 e. The Balaban J connectivity index is 1.69. The molecule has 0 amide bonds. The molecule has 0 heterocycles. The van der Waals surface area contributed by atoms with E-state index in [-0.39, 0.29) is 5.56 Å². The first-order chi connectivity index (χ1) is 19.3. The van der Waals surface area contributed by atoms with E-state index in [4.69, 9.17) is 4.74 Å². The molecular weight excluding hydrogens is 498 g/mol. The lowest BCUT2D eigenvalue weighted by Crippen LogP contribution is -2.13. The molecule has 1 saturated carbocycles. The number of rotatable bonds is 11. The molecule has 0 atom stereocenters. The molecule has 40 heavy (non-hydrogen) atoms. The molecule has 0 spiro atoms. The highest BCUT2D eigenvalue weighted by molar-refractivity contribution is 5.76. The van der Waals surface area contributed by atoms with Crippen molar-refractivity contribution in [3.63, 3.8) is 0 Å². The Hall–Kier alpha value is -2.68. The number of halogens is 2. The minimum Gasteiger partial charge on any atom is -0.493 e. The number of benzene rings is 3. The van der Waals surface area contributed by atoms with E-state index in [0.29, 0.717) is 36.0 Å².